The Morgan fingerprint density at radius 3 is 2.04 bits per heavy atom. The molecule has 1 amide bonds. The molecule has 4 aromatic carbocycles. The first-order valence-electron chi connectivity index (χ1n) is 16.4. The van der Waals surface area contributed by atoms with Crippen molar-refractivity contribution in [2.45, 2.75) is 30.6 Å². The second kappa shape index (κ2) is 14.0. The lowest BCUT2D eigenvalue weighted by molar-refractivity contribution is -0.0295. The van der Waals surface area contributed by atoms with Crippen LogP contribution in [0.2, 0.25) is 0 Å². The molecule has 10 nitrogen and oxygen atoms in total. The van der Waals surface area contributed by atoms with Crippen LogP contribution in [0.4, 0.5) is 17.3 Å². The second-order valence-corrected chi connectivity index (χ2v) is 12.3. The van der Waals surface area contributed by atoms with E-state index in [1.165, 1.54) is 6.33 Å². The molecule has 1 aliphatic carbocycles. The maximum atomic E-state index is 12.9. The predicted molar refractivity (Wildman–Crippen MR) is 188 cm³/mol. The molecule has 3 atom stereocenters. The lowest BCUT2D eigenvalue weighted by Gasteiger charge is -2.37. The number of aromatic nitrogens is 2. The van der Waals surface area contributed by atoms with Crippen molar-refractivity contribution in [3.05, 3.63) is 138 Å². The summed E-state index contributed by atoms with van der Waals surface area (Å²) >= 11 is 0. The highest BCUT2D eigenvalue weighted by atomic mass is 16.5. The van der Waals surface area contributed by atoms with Crippen LogP contribution in [0.15, 0.2) is 116 Å². The molecule has 2 heterocycles. The summed E-state index contributed by atoms with van der Waals surface area (Å²) in [5, 5.41) is 17.8. The number of ether oxygens (including phenoxy) is 3. The molecule has 10 heteroatoms. The summed E-state index contributed by atoms with van der Waals surface area (Å²) in [6.45, 7) is 0.791. The zero-order valence-corrected chi connectivity index (χ0v) is 27.5. The summed E-state index contributed by atoms with van der Waals surface area (Å²) < 4.78 is 18.1. The molecule has 3 N–H and O–H groups in total. The van der Waals surface area contributed by atoms with E-state index in [2.05, 4.69) is 37.6 Å². The van der Waals surface area contributed by atoms with Crippen LogP contribution in [0.25, 0.3) is 0 Å². The van der Waals surface area contributed by atoms with E-state index in [1.807, 2.05) is 84.9 Å². The Bertz CT molecular complexity index is 1830. The van der Waals surface area contributed by atoms with Crippen molar-refractivity contribution in [1.29, 1.82) is 0 Å². The van der Waals surface area contributed by atoms with Crippen molar-refractivity contribution in [2.75, 3.05) is 43.0 Å². The van der Waals surface area contributed by atoms with Crippen LogP contribution in [0.3, 0.4) is 0 Å². The molecule has 1 saturated carbocycles. The number of benzene rings is 4. The van der Waals surface area contributed by atoms with E-state index in [9.17, 15) is 9.90 Å². The minimum atomic E-state index is -0.974. The first-order valence-corrected chi connectivity index (χ1v) is 16.4. The Kier molecular flexibility index (Phi) is 9.15. The van der Waals surface area contributed by atoms with Crippen LogP contribution >= 0.6 is 0 Å². The number of methoxy groups -OCH3 is 2. The van der Waals surface area contributed by atoms with Crippen molar-refractivity contribution in [3.63, 3.8) is 0 Å². The number of aliphatic hydroxyl groups is 1. The van der Waals surface area contributed by atoms with E-state index < -0.39 is 11.7 Å². The number of nitrogens with one attached hydrogen (secondary N) is 2. The Balaban J connectivity index is 1.15. The summed E-state index contributed by atoms with van der Waals surface area (Å²) in [5.74, 6) is 2.23. The van der Waals surface area contributed by atoms with Crippen LogP contribution in [-0.4, -0.2) is 60.6 Å². The zero-order valence-electron chi connectivity index (χ0n) is 27.5. The van der Waals surface area contributed by atoms with Gasteiger partial charge in [0.2, 0.25) is 0 Å². The van der Waals surface area contributed by atoms with E-state index in [0.29, 0.717) is 49.0 Å². The van der Waals surface area contributed by atoms with Gasteiger partial charge in [-0.25, -0.2) is 9.97 Å². The second-order valence-electron chi connectivity index (χ2n) is 12.3. The van der Waals surface area contributed by atoms with Gasteiger partial charge >= 0.3 is 0 Å². The number of anilines is 3. The Morgan fingerprint density at radius 1 is 0.837 bits per heavy atom. The van der Waals surface area contributed by atoms with Gasteiger partial charge in [0.25, 0.3) is 5.91 Å². The molecular formula is C39H39N5O5. The van der Waals surface area contributed by atoms with Crippen LogP contribution in [0.1, 0.15) is 39.9 Å². The van der Waals surface area contributed by atoms with Crippen molar-refractivity contribution >= 4 is 23.2 Å². The molecule has 0 saturated heterocycles. The third-order valence-electron chi connectivity index (χ3n) is 9.55. The number of aliphatic hydroxyl groups excluding tert-OH is 1. The molecule has 2 aliphatic rings. The van der Waals surface area contributed by atoms with Crippen molar-refractivity contribution in [2.24, 2.45) is 5.92 Å². The van der Waals surface area contributed by atoms with E-state index in [-0.39, 0.29) is 17.9 Å². The van der Waals surface area contributed by atoms with E-state index in [0.717, 1.165) is 28.2 Å². The summed E-state index contributed by atoms with van der Waals surface area (Å²) in [4.78, 5) is 24.0. The van der Waals surface area contributed by atoms with Gasteiger partial charge in [-0.2, -0.15) is 0 Å². The number of fused-ring (bicyclic) bond motifs is 1. The van der Waals surface area contributed by atoms with Crippen molar-refractivity contribution in [1.82, 2.24) is 9.97 Å². The fourth-order valence-corrected chi connectivity index (χ4v) is 6.98. The van der Waals surface area contributed by atoms with E-state index in [4.69, 9.17) is 14.2 Å². The summed E-state index contributed by atoms with van der Waals surface area (Å²) in [6, 6.07) is 35.1. The summed E-state index contributed by atoms with van der Waals surface area (Å²) in [7, 11) is 3.30. The molecule has 0 bridgehead atoms. The SMILES string of the molecule is COc1ccc(C(OCC2CC(N3CNc4c(NC(=O)c5ccccc5)ncnc43)CC2O)(c2ccccc2)c2ccc(OC)cc2)cc1. The minimum absolute atomic E-state index is 0.00183. The topological polar surface area (TPSA) is 118 Å². The molecule has 0 spiro atoms. The maximum Gasteiger partial charge on any atom is 0.256 e. The molecule has 49 heavy (non-hydrogen) atoms. The number of amides is 1. The highest BCUT2D eigenvalue weighted by Gasteiger charge is 2.43. The fraction of sp³-hybridized carbons (Fsp3) is 0.256. The highest BCUT2D eigenvalue weighted by Crippen LogP contribution is 2.44. The van der Waals surface area contributed by atoms with Gasteiger partial charge in [0.1, 0.15) is 29.1 Å². The largest absolute Gasteiger partial charge is 0.497 e. The third kappa shape index (κ3) is 6.28. The van der Waals surface area contributed by atoms with Crippen molar-refractivity contribution < 1.29 is 24.1 Å². The van der Waals surface area contributed by atoms with Gasteiger partial charge in [0.15, 0.2) is 11.6 Å². The van der Waals surface area contributed by atoms with Crippen LogP contribution in [0, 0.1) is 5.92 Å². The predicted octanol–water partition coefficient (Wildman–Crippen LogP) is 6.08. The summed E-state index contributed by atoms with van der Waals surface area (Å²) in [6.07, 6.45) is 2.11. The Labute approximate surface area is 285 Å². The number of rotatable bonds is 11. The minimum Gasteiger partial charge on any atom is -0.497 e. The standard InChI is InChI=1S/C39H39N5O5/c1-47-32-17-13-29(14-18-32)39(28-11-7-4-8-12-28,30-15-19-33(48-2)20-16-30)49-23-27-21-31(22-34(27)45)44-25-42-35-36(40-24-41-37(35)44)43-38(46)26-9-5-3-6-10-26/h3-20,24,27,31,34,42,45H,21-23,25H2,1-2H3,(H,40,41,43,46). The van der Waals surface area contributed by atoms with Crippen LogP contribution < -0.4 is 25.0 Å². The zero-order chi connectivity index (χ0) is 33.8. The normalized spacial score (nSPS) is 18.4. The van der Waals surface area contributed by atoms with Crippen LogP contribution in [-0.2, 0) is 10.3 Å². The molecule has 1 aliphatic heterocycles. The smallest absolute Gasteiger partial charge is 0.256 e. The van der Waals surface area contributed by atoms with Gasteiger partial charge in [-0.3, -0.25) is 4.79 Å². The van der Waals surface area contributed by atoms with Crippen molar-refractivity contribution in [3.8, 4) is 11.5 Å². The average molecular weight is 658 g/mol. The molecule has 250 valence electrons. The average Bonchev–Trinajstić information content (AvgIpc) is 3.76. The molecule has 1 fully saturated rings. The monoisotopic (exact) mass is 657 g/mol. The Morgan fingerprint density at radius 2 is 1.43 bits per heavy atom. The number of carbonyl (C=O) groups is 1. The maximum absolute atomic E-state index is 12.9. The quantitative estimate of drug-likeness (QED) is 0.145. The first-order chi connectivity index (χ1) is 24.0. The number of hydrogen-bond acceptors (Lipinski definition) is 9. The van der Waals surface area contributed by atoms with Gasteiger partial charge in [-0.05, 0) is 65.9 Å². The van der Waals surface area contributed by atoms with E-state index in [1.54, 1.807) is 26.4 Å². The van der Waals surface area contributed by atoms with Gasteiger partial charge in [-0.15, -0.1) is 0 Å². The van der Waals surface area contributed by atoms with Crippen LogP contribution in [0.5, 0.6) is 11.5 Å². The third-order valence-corrected chi connectivity index (χ3v) is 9.55. The molecule has 5 aromatic rings. The van der Waals surface area contributed by atoms with Gasteiger partial charge in [0, 0.05) is 17.5 Å². The molecular weight excluding hydrogens is 618 g/mol. The lowest BCUT2D eigenvalue weighted by Crippen LogP contribution is -2.36. The van der Waals surface area contributed by atoms with E-state index >= 15 is 0 Å². The molecule has 3 unspecified atom stereocenters. The molecule has 7 rings (SSSR count). The number of nitrogens with zero attached hydrogens (tertiary/aromatic N) is 3. The molecule has 0 radical (unpaired) electrons. The van der Waals surface area contributed by atoms with Gasteiger partial charge in [-0.1, -0.05) is 72.8 Å². The van der Waals surface area contributed by atoms with Gasteiger partial charge in [0.05, 0.1) is 33.6 Å². The fourth-order valence-electron chi connectivity index (χ4n) is 6.98. The van der Waals surface area contributed by atoms with Gasteiger partial charge < -0.3 is 34.9 Å². The number of hydrogen-bond donors (Lipinski definition) is 3. The first kappa shape index (κ1) is 32.1. The summed E-state index contributed by atoms with van der Waals surface area (Å²) in [5.41, 5.74) is 3.08. The molecule has 1 aromatic heterocycles. The Hall–Kier alpha value is -5.45. The lowest BCUT2D eigenvalue weighted by atomic mass is 9.79. The highest BCUT2D eigenvalue weighted by molar-refractivity contribution is 6.06. The number of carbonyl (C=O) groups excluding carboxylic acids is 1.